The van der Waals surface area contributed by atoms with Crippen LogP contribution in [0.3, 0.4) is 0 Å². The second-order valence-electron chi connectivity index (χ2n) is 9.47. The van der Waals surface area contributed by atoms with Gasteiger partial charge in [0.25, 0.3) is 0 Å². The Morgan fingerprint density at radius 3 is 2.57 bits per heavy atom. The van der Waals surface area contributed by atoms with Crippen LogP contribution < -0.4 is 5.32 Å². The minimum absolute atomic E-state index is 0.00210. The molecule has 2 aliphatic heterocycles. The van der Waals surface area contributed by atoms with Gasteiger partial charge in [-0.05, 0) is 74.1 Å². The summed E-state index contributed by atoms with van der Waals surface area (Å²) in [6.45, 7) is 9.43. The number of aryl methyl sites for hydroxylation is 1. The SMILES string of the molecule is COC(=O)c1ccc(-n2c(C)cc([C@@H]3[C@@H](c4ccccn4)NC(=S)N3CCN3CCOCC3)c2C)cc1. The Kier molecular flexibility index (Phi) is 7.55. The Labute approximate surface area is 223 Å². The highest BCUT2D eigenvalue weighted by Crippen LogP contribution is 2.41. The summed E-state index contributed by atoms with van der Waals surface area (Å²) in [6, 6.07) is 15.7. The molecule has 2 aliphatic rings. The Morgan fingerprint density at radius 2 is 1.89 bits per heavy atom. The lowest BCUT2D eigenvalue weighted by molar-refractivity contribution is 0.0350. The first-order valence-corrected chi connectivity index (χ1v) is 13.0. The van der Waals surface area contributed by atoms with Crippen LogP contribution in [0.15, 0.2) is 54.7 Å². The minimum atomic E-state index is -0.340. The van der Waals surface area contributed by atoms with Crippen LogP contribution in [-0.2, 0) is 9.47 Å². The lowest BCUT2D eigenvalue weighted by Crippen LogP contribution is -2.42. The number of benzene rings is 1. The molecule has 0 unspecified atom stereocenters. The van der Waals surface area contributed by atoms with E-state index in [1.54, 1.807) is 12.1 Å². The standard InChI is InChI=1S/C28H33N5O3S/c1-19-18-23(20(2)33(19)22-9-7-21(8-10-22)27(34)35-3)26-25(24-6-4-5-11-29-24)30-28(37)32(26)13-12-31-14-16-36-17-15-31/h4-11,18,25-26H,12-17H2,1-3H3,(H,30,37)/t25-,26-/m1/s1. The van der Waals surface area contributed by atoms with Crippen molar-refractivity contribution in [2.75, 3.05) is 46.5 Å². The first kappa shape index (κ1) is 25.4. The summed E-state index contributed by atoms with van der Waals surface area (Å²) < 4.78 is 12.6. The number of pyridine rings is 1. The van der Waals surface area contributed by atoms with Gasteiger partial charge >= 0.3 is 5.97 Å². The first-order chi connectivity index (χ1) is 18.0. The smallest absolute Gasteiger partial charge is 0.337 e. The van der Waals surface area contributed by atoms with Crippen molar-refractivity contribution in [1.29, 1.82) is 0 Å². The van der Waals surface area contributed by atoms with Crippen molar-refractivity contribution in [1.82, 2.24) is 24.7 Å². The van der Waals surface area contributed by atoms with Gasteiger partial charge in [0, 0.05) is 49.5 Å². The zero-order chi connectivity index (χ0) is 25.9. The molecule has 194 valence electrons. The quantitative estimate of drug-likeness (QED) is 0.375. The minimum Gasteiger partial charge on any atom is -0.465 e. The average Bonchev–Trinajstić information content (AvgIpc) is 3.42. The molecule has 0 radical (unpaired) electrons. The summed E-state index contributed by atoms with van der Waals surface area (Å²) in [5.41, 5.74) is 5.96. The topological polar surface area (TPSA) is 71.9 Å². The number of carbonyl (C=O) groups excluding carboxylic acids is 1. The van der Waals surface area contributed by atoms with Crippen LogP contribution in [0.4, 0.5) is 0 Å². The zero-order valence-electron chi connectivity index (χ0n) is 21.5. The fourth-order valence-corrected chi connectivity index (χ4v) is 5.74. The van der Waals surface area contributed by atoms with E-state index in [9.17, 15) is 4.79 Å². The van der Waals surface area contributed by atoms with Crippen molar-refractivity contribution >= 4 is 23.3 Å². The summed E-state index contributed by atoms with van der Waals surface area (Å²) in [5.74, 6) is -0.340. The number of nitrogens with zero attached hydrogens (tertiary/aromatic N) is 4. The highest BCUT2D eigenvalue weighted by molar-refractivity contribution is 7.80. The number of aromatic nitrogens is 2. The van der Waals surface area contributed by atoms with Gasteiger partial charge in [-0.1, -0.05) is 6.07 Å². The monoisotopic (exact) mass is 519 g/mol. The maximum absolute atomic E-state index is 11.9. The molecule has 3 aromatic rings. The van der Waals surface area contributed by atoms with Crippen molar-refractivity contribution in [3.63, 3.8) is 0 Å². The highest BCUT2D eigenvalue weighted by atomic mass is 32.1. The summed E-state index contributed by atoms with van der Waals surface area (Å²) in [4.78, 5) is 21.3. The molecule has 0 aliphatic carbocycles. The number of morpholine rings is 1. The molecule has 5 rings (SSSR count). The molecule has 2 saturated heterocycles. The molecule has 2 fully saturated rings. The number of nitrogens with one attached hydrogen (secondary N) is 1. The fourth-order valence-electron chi connectivity index (χ4n) is 5.41. The maximum atomic E-state index is 11.9. The third-order valence-electron chi connectivity index (χ3n) is 7.29. The van der Waals surface area contributed by atoms with Gasteiger partial charge in [0.05, 0.1) is 43.7 Å². The largest absolute Gasteiger partial charge is 0.465 e. The van der Waals surface area contributed by atoms with Crippen LogP contribution >= 0.6 is 12.2 Å². The van der Waals surface area contributed by atoms with E-state index < -0.39 is 0 Å². The van der Waals surface area contributed by atoms with Crippen LogP contribution in [0.25, 0.3) is 5.69 Å². The van der Waals surface area contributed by atoms with Gasteiger partial charge < -0.3 is 24.3 Å². The average molecular weight is 520 g/mol. The van der Waals surface area contributed by atoms with Crippen LogP contribution in [0.2, 0.25) is 0 Å². The fraction of sp³-hybridized carbons (Fsp3) is 0.393. The molecule has 2 atom stereocenters. The molecule has 1 aromatic carbocycles. The molecule has 0 amide bonds. The number of hydrogen-bond acceptors (Lipinski definition) is 6. The van der Waals surface area contributed by atoms with Gasteiger partial charge in [0.2, 0.25) is 0 Å². The number of carbonyl (C=O) groups is 1. The number of ether oxygens (including phenoxy) is 2. The van der Waals surface area contributed by atoms with Gasteiger partial charge in [-0.2, -0.15) is 0 Å². The van der Waals surface area contributed by atoms with Crippen molar-refractivity contribution in [3.05, 3.63) is 82.9 Å². The van der Waals surface area contributed by atoms with Gasteiger partial charge in [-0.15, -0.1) is 0 Å². The number of thiocarbonyl (C=S) groups is 1. The summed E-state index contributed by atoms with van der Waals surface area (Å²) in [6.07, 6.45) is 1.83. The van der Waals surface area contributed by atoms with E-state index in [0.717, 1.165) is 67.3 Å². The Morgan fingerprint density at radius 1 is 1.14 bits per heavy atom. The van der Waals surface area contributed by atoms with Gasteiger partial charge in [-0.3, -0.25) is 9.88 Å². The van der Waals surface area contributed by atoms with Gasteiger partial charge in [0.1, 0.15) is 0 Å². The molecular weight excluding hydrogens is 486 g/mol. The van der Waals surface area contributed by atoms with Crippen LogP contribution in [0.5, 0.6) is 0 Å². The summed E-state index contributed by atoms with van der Waals surface area (Å²) >= 11 is 5.88. The second kappa shape index (κ2) is 11.0. The Bertz CT molecular complexity index is 1250. The van der Waals surface area contributed by atoms with E-state index in [2.05, 4.69) is 50.6 Å². The van der Waals surface area contributed by atoms with Gasteiger partial charge in [0.15, 0.2) is 5.11 Å². The number of methoxy groups -OCH3 is 1. The lowest BCUT2D eigenvalue weighted by atomic mass is 9.96. The molecule has 2 aromatic heterocycles. The predicted molar refractivity (Wildman–Crippen MR) is 146 cm³/mol. The third kappa shape index (κ3) is 5.12. The molecule has 0 spiro atoms. The van der Waals surface area contributed by atoms with E-state index in [1.165, 1.54) is 12.7 Å². The zero-order valence-corrected chi connectivity index (χ0v) is 22.3. The highest BCUT2D eigenvalue weighted by Gasteiger charge is 2.41. The van der Waals surface area contributed by atoms with Crippen molar-refractivity contribution in [2.24, 2.45) is 0 Å². The molecule has 4 heterocycles. The Hall–Kier alpha value is -3.27. The van der Waals surface area contributed by atoms with Crippen LogP contribution in [0, 0.1) is 13.8 Å². The number of esters is 1. The molecule has 1 N–H and O–H groups in total. The summed E-state index contributed by atoms with van der Waals surface area (Å²) in [7, 11) is 1.39. The molecule has 0 saturated carbocycles. The van der Waals surface area contributed by atoms with E-state index in [1.807, 2.05) is 30.5 Å². The van der Waals surface area contributed by atoms with Crippen molar-refractivity contribution in [3.8, 4) is 5.69 Å². The lowest BCUT2D eigenvalue weighted by Gasteiger charge is -2.32. The predicted octanol–water partition coefficient (Wildman–Crippen LogP) is 3.58. The molecular formula is C28H33N5O3S. The molecule has 9 heteroatoms. The maximum Gasteiger partial charge on any atom is 0.337 e. The van der Waals surface area contributed by atoms with E-state index in [0.29, 0.717) is 5.56 Å². The van der Waals surface area contributed by atoms with E-state index in [-0.39, 0.29) is 18.1 Å². The second-order valence-corrected chi connectivity index (χ2v) is 9.86. The normalized spacial score (nSPS) is 20.2. The van der Waals surface area contributed by atoms with Crippen molar-refractivity contribution in [2.45, 2.75) is 25.9 Å². The van der Waals surface area contributed by atoms with E-state index >= 15 is 0 Å². The number of rotatable bonds is 7. The van der Waals surface area contributed by atoms with Crippen molar-refractivity contribution < 1.29 is 14.3 Å². The molecule has 37 heavy (non-hydrogen) atoms. The van der Waals surface area contributed by atoms with Crippen LogP contribution in [0.1, 0.15) is 45.1 Å². The third-order valence-corrected chi connectivity index (χ3v) is 7.65. The summed E-state index contributed by atoms with van der Waals surface area (Å²) in [5, 5.41) is 4.32. The first-order valence-electron chi connectivity index (χ1n) is 12.6. The molecule has 0 bridgehead atoms. The number of hydrogen-bond donors (Lipinski definition) is 1. The molecule has 8 nitrogen and oxygen atoms in total. The van der Waals surface area contributed by atoms with Gasteiger partial charge in [-0.25, -0.2) is 4.79 Å². The van der Waals surface area contributed by atoms with Crippen LogP contribution in [-0.4, -0.2) is 76.9 Å². The van der Waals surface area contributed by atoms with E-state index in [4.69, 9.17) is 21.7 Å². The Balaban J connectivity index is 1.50.